The molecule has 1 atom stereocenters. The lowest BCUT2D eigenvalue weighted by atomic mass is 10.0. The van der Waals surface area contributed by atoms with Crippen molar-refractivity contribution in [1.29, 1.82) is 0 Å². The summed E-state index contributed by atoms with van der Waals surface area (Å²) in [5, 5.41) is 2.76. The number of anilines is 2. The van der Waals surface area contributed by atoms with E-state index < -0.39 is 18.0 Å². The van der Waals surface area contributed by atoms with Gasteiger partial charge in [-0.25, -0.2) is 4.79 Å². The molecule has 0 bridgehead atoms. The van der Waals surface area contributed by atoms with Crippen molar-refractivity contribution in [3.8, 4) is 0 Å². The lowest BCUT2D eigenvalue weighted by Crippen LogP contribution is -2.30. The Hall–Kier alpha value is -3.15. The van der Waals surface area contributed by atoms with Crippen LogP contribution >= 0.6 is 0 Å². The fourth-order valence-corrected chi connectivity index (χ4v) is 3.18. The highest BCUT2D eigenvalue weighted by molar-refractivity contribution is 5.98. The zero-order valence-electron chi connectivity index (χ0n) is 17.0. The van der Waals surface area contributed by atoms with Crippen LogP contribution in [0.4, 0.5) is 11.4 Å². The smallest absolute Gasteiger partial charge is 0.338 e. The third-order valence-corrected chi connectivity index (χ3v) is 4.99. The van der Waals surface area contributed by atoms with Crippen molar-refractivity contribution in [3.63, 3.8) is 0 Å². The lowest BCUT2D eigenvalue weighted by Gasteiger charge is -2.16. The molecule has 2 aromatic carbocycles. The Labute approximate surface area is 170 Å². The zero-order chi connectivity index (χ0) is 21.0. The first-order valence-electron chi connectivity index (χ1n) is 9.87. The normalized spacial score (nSPS) is 14.8. The second-order valence-electron chi connectivity index (χ2n) is 7.51. The van der Waals surface area contributed by atoms with Crippen molar-refractivity contribution in [2.45, 2.75) is 45.6 Å². The van der Waals surface area contributed by atoms with Crippen LogP contribution < -0.4 is 10.2 Å². The molecule has 1 saturated heterocycles. The molecule has 0 spiro atoms. The quantitative estimate of drug-likeness (QED) is 0.748. The van der Waals surface area contributed by atoms with Gasteiger partial charge in [-0.15, -0.1) is 0 Å². The standard InChI is InChI=1S/C23H26N2O4/c1-15(2)17-6-10-19(11-7-17)24-22(27)16(3)29-23(28)18-8-12-20(13-9-18)25-14-4-5-21(25)26/h6-13,15-16H,4-5,14H2,1-3H3,(H,24,27). The molecule has 6 nitrogen and oxygen atoms in total. The maximum Gasteiger partial charge on any atom is 0.338 e. The molecule has 1 unspecified atom stereocenters. The monoisotopic (exact) mass is 394 g/mol. The van der Waals surface area contributed by atoms with Gasteiger partial charge < -0.3 is 15.0 Å². The van der Waals surface area contributed by atoms with E-state index in [4.69, 9.17) is 4.74 Å². The Morgan fingerprint density at radius 2 is 1.66 bits per heavy atom. The van der Waals surface area contributed by atoms with Crippen LogP contribution in [0.5, 0.6) is 0 Å². The van der Waals surface area contributed by atoms with E-state index in [1.54, 1.807) is 29.2 Å². The predicted molar refractivity (Wildman–Crippen MR) is 112 cm³/mol. The Kier molecular flexibility index (Phi) is 6.32. The number of nitrogens with one attached hydrogen (secondary N) is 1. The number of amides is 2. The molecule has 1 N–H and O–H groups in total. The highest BCUT2D eigenvalue weighted by Crippen LogP contribution is 2.22. The van der Waals surface area contributed by atoms with Crippen molar-refractivity contribution in [1.82, 2.24) is 0 Å². The van der Waals surface area contributed by atoms with E-state index in [2.05, 4.69) is 19.2 Å². The molecule has 1 aliphatic heterocycles. The number of ether oxygens (including phenoxy) is 1. The molecule has 6 heteroatoms. The maximum absolute atomic E-state index is 12.3. The van der Waals surface area contributed by atoms with Gasteiger partial charge in [0.1, 0.15) is 0 Å². The molecule has 3 rings (SSSR count). The van der Waals surface area contributed by atoms with E-state index >= 15 is 0 Å². The van der Waals surface area contributed by atoms with E-state index in [0.29, 0.717) is 30.1 Å². The minimum absolute atomic E-state index is 0.0899. The van der Waals surface area contributed by atoms with Gasteiger partial charge in [0.2, 0.25) is 5.91 Å². The van der Waals surface area contributed by atoms with Crippen LogP contribution in [0.15, 0.2) is 48.5 Å². The first-order valence-corrected chi connectivity index (χ1v) is 9.87. The zero-order valence-corrected chi connectivity index (χ0v) is 17.0. The van der Waals surface area contributed by atoms with Gasteiger partial charge in [-0.1, -0.05) is 26.0 Å². The van der Waals surface area contributed by atoms with Gasteiger partial charge in [0, 0.05) is 24.3 Å². The Balaban J connectivity index is 1.56. The van der Waals surface area contributed by atoms with Crippen LogP contribution in [0.1, 0.15) is 55.5 Å². The van der Waals surface area contributed by atoms with Crippen molar-refractivity contribution >= 4 is 29.2 Å². The number of carbonyl (C=O) groups excluding carboxylic acids is 3. The van der Waals surface area contributed by atoms with Crippen molar-refractivity contribution < 1.29 is 19.1 Å². The Morgan fingerprint density at radius 1 is 1.00 bits per heavy atom. The lowest BCUT2D eigenvalue weighted by molar-refractivity contribution is -0.123. The van der Waals surface area contributed by atoms with Gasteiger partial charge in [-0.05, 0) is 61.2 Å². The summed E-state index contributed by atoms with van der Waals surface area (Å²) in [6, 6.07) is 14.3. The first kappa shape index (κ1) is 20.6. The molecule has 2 amide bonds. The van der Waals surface area contributed by atoms with E-state index in [1.165, 1.54) is 12.5 Å². The average Bonchev–Trinajstić information content (AvgIpc) is 3.14. The molecular formula is C23H26N2O4. The first-order chi connectivity index (χ1) is 13.8. The maximum atomic E-state index is 12.3. The molecule has 0 aliphatic carbocycles. The molecule has 152 valence electrons. The van der Waals surface area contributed by atoms with Crippen LogP contribution in [0.2, 0.25) is 0 Å². The number of hydrogen-bond acceptors (Lipinski definition) is 4. The number of nitrogens with zero attached hydrogens (tertiary/aromatic N) is 1. The van der Waals surface area contributed by atoms with Crippen LogP contribution in [0, 0.1) is 0 Å². The molecule has 1 heterocycles. The molecule has 0 saturated carbocycles. The Bertz CT molecular complexity index is 888. The highest BCUT2D eigenvalue weighted by Gasteiger charge is 2.23. The molecule has 29 heavy (non-hydrogen) atoms. The molecule has 2 aromatic rings. The molecule has 0 radical (unpaired) electrons. The largest absolute Gasteiger partial charge is 0.449 e. The minimum atomic E-state index is -0.938. The average molecular weight is 394 g/mol. The molecule has 1 fully saturated rings. The second-order valence-corrected chi connectivity index (χ2v) is 7.51. The number of benzene rings is 2. The summed E-state index contributed by atoms with van der Waals surface area (Å²) in [6.45, 7) is 6.43. The van der Waals surface area contributed by atoms with Crippen molar-refractivity contribution in [3.05, 3.63) is 59.7 Å². The predicted octanol–water partition coefficient (Wildman–Crippen LogP) is 4.12. The Morgan fingerprint density at radius 3 is 2.21 bits per heavy atom. The topological polar surface area (TPSA) is 75.7 Å². The highest BCUT2D eigenvalue weighted by atomic mass is 16.5. The van der Waals surface area contributed by atoms with Gasteiger partial charge in [0.25, 0.3) is 5.91 Å². The van der Waals surface area contributed by atoms with Gasteiger partial charge in [-0.3, -0.25) is 9.59 Å². The van der Waals surface area contributed by atoms with Crippen LogP contribution in [0.3, 0.4) is 0 Å². The molecular weight excluding hydrogens is 368 g/mol. The summed E-state index contributed by atoms with van der Waals surface area (Å²) < 4.78 is 5.29. The fourth-order valence-electron chi connectivity index (χ4n) is 3.18. The van der Waals surface area contributed by atoms with Crippen LogP contribution in [-0.4, -0.2) is 30.4 Å². The van der Waals surface area contributed by atoms with Crippen LogP contribution in [-0.2, 0) is 14.3 Å². The van der Waals surface area contributed by atoms with Gasteiger partial charge in [-0.2, -0.15) is 0 Å². The van der Waals surface area contributed by atoms with E-state index in [0.717, 1.165) is 12.1 Å². The van der Waals surface area contributed by atoms with Crippen molar-refractivity contribution in [2.24, 2.45) is 0 Å². The summed E-state index contributed by atoms with van der Waals surface area (Å²) in [7, 11) is 0. The summed E-state index contributed by atoms with van der Waals surface area (Å²) in [5.74, 6) is -0.473. The third kappa shape index (κ3) is 5.02. The van der Waals surface area contributed by atoms with Gasteiger partial charge >= 0.3 is 5.97 Å². The van der Waals surface area contributed by atoms with Crippen LogP contribution in [0.25, 0.3) is 0 Å². The number of esters is 1. The van der Waals surface area contributed by atoms with E-state index in [-0.39, 0.29) is 5.91 Å². The minimum Gasteiger partial charge on any atom is -0.449 e. The number of carbonyl (C=O) groups is 3. The van der Waals surface area contributed by atoms with E-state index in [9.17, 15) is 14.4 Å². The van der Waals surface area contributed by atoms with Gasteiger partial charge in [0.15, 0.2) is 6.10 Å². The SMILES string of the molecule is CC(OC(=O)c1ccc(N2CCCC2=O)cc1)C(=O)Nc1ccc(C(C)C)cc1. The summed E-state index contributed by atoms with van der Waals surface area (Å²) in [6.07, 6.45) is 0.457. The summed E-state index contributed by atoms with van der Waals surface area (Å²) in [5.41, 5.74) is 2.93. The number of hydrogen-bond donors (Lipinski definition) is 1. The summed E-state index contributed by atoms with van der Waals surface area (Å²) in [4.78, 5) is 38.2. The number of rotatable bonds is 6. The third-order valence-electron chi connectivity index (χ3n) is 4.99. The van der Waals surface area contributed by atoms with Gasteiger partial charge in [0.05, 0.1) is 5.56 Å². The second kappa shape index (κ2) is 8.90. The van der Waals surface area contributed by atoms with E-state index in [1.807, 2.05) is 24.3 Å². The summed E-state index contributed by atoms with van der Waals surface area (Å²) >= 11 is 0. The molecule has 0 aromatic heterocycles. The fraction of sp³-hybridized carbons (Fsp3) is 0.348. The van der Waals surface area contributed by atoms with Crippen molar-refractivity contribution in [2.75, 3.05) is 16.8 Å². The molecule has 1 aliphatic rings.